The minimum absolute atomic E-state index is 0.00214. The number of benzene rings is 4. The highest BCUT2D eigenvalue weighted by Crippen LogP contribution is 2.24. The molecular weight excluding hydrogens is 867 g/mol. The van der Waals surface area contributed by atoms with E-state index in [0.717, 1.165) is 75.3 Å². The van der Waals surface area contributed by atoms with Gasteiger partial charge in [-0.2, -0.15) is 0 Å². The summed E-state index contributed by atoms with van der Waals surface area (Å²) < 4.78 is 66.7. The summed E-state index contributed by atoms with van der Waals surface area (Å²) in [6.45, 7) is 5.55. The number of rotatable bonds is 31. The molecule has 0 saturated heterocycles. The number of hydrogen-bond donors (Lipinski definition) is 0. The van der Waals surface area contributed by atoms with Crippen molar-refractivity contribution >= 4 is 31.6 Å². The lowest BCUT2D eigenvalue weighted by Crippen LogP contribution is -2.21. The van der Waals surface area contributed by atoms with Crippen LogP contribution < -0.4 is 0 Å². The zero-order valence-corrected chi connectivity index (χ0v) is 40.5. The highest BCUT2D eigenvalue weighted by Gasteiger charge is 2.29. The third-order valence-corrected chi connectivity index (χ3v) is 14.6. The molecule has 0 radical (unpaired) electrons. The van der Waals surface area contributed by atoms with Crippen molar-refractivity contribution in [2.45, 2.75) is 120 Å². The van der Waals surface area contributed by atoms with Gasteiger partial charge in [0.25, 0.3) is 0 Å². The molecule has 0 aliphatic carbocycles. The van der Waals surface area contributed by atoms with Gasteiger partial charge in [-0.05, 0) is 91.4 Å². The zero-order chi connectivity index (χ0) is 47.3. The first kappa shape index (κ1) is 53.1. The summed E-state index contributed by atoms with van der Waals surface area (Å²) in [5.41, 5.74) is 2.10. The Kier molecular flexibility index (Phi) is 24.1. The second kappa shape index (κ2) is 29.9. The topological polar surface area (TPSA) is 124 Å². The summed E-state index contributed by atoms with van der Waals surface area (Å²) in [6, 6.07) is 35.6. The molecular formula is C55H69NO8S2. The molecule has 4 rings (SSSR count). The average Bonchev–Trinajstić information content (AvgIpc) is 3.33. The van der Waals surface area contributed by atoms with Crippen LogP contribution in [0.5, 0.6) is 0 Å². The highest BCUT2D eigenvalue weighted by atomic mass is 32.2. The first-order chi connectivity index (χ1) is 32.1. The number of ether oxygens (including phenoxy) is 2. The molecule has 9 nitrogen and oxygen atoms in total. The Labute approximate surface area is 395 Å². The number of esters is 2. The fourth-order valence-corrected chi connectivity index (χ4v) is 9.93. The zero-order valence-electron chi connectivity index (χ0n) is 38.8. The van der Waals surface area contributed by atoms with Crippen LogP contribution in [0.1, 0.15) is 108 Å². The van der Waals surface area contributed by atoms with Crippen LogP contribution in [-0.2, 0) is 51.7 Å². The molecule has 0 bridgehead atoms. The molecule has 0 spiro atoms. The average molecular weight is 936 g/mol. The van der Waals surface area contributed by atoms with E-state index in [4.69, 9.17) is 9.47 Å². The summed E-state index contributed by atoms with van der Waals surface area (Å²) >= 11 is 0. The molecule has 4 aromatic rings. The van der Waals surface area contributed by atoms with Gasteiger partial charge in [0.15, 0.2) is 9.81 Å². The maximum Gasteiger partial charge on any atom is 0.350 e. The molecule has 354 valence electrons. The third-order valence-electron chi connectivity index (χ3n) is 11.1. The summed E-state index contributed by atoms with van der Waals surface area (Å²) in [5.74, 6) is -1.90. The van der Waals surface area contributed by atoms with Gasteiger partial charge in [-0.15, -0.1) is 0 Å². The van der Waals surface area contributed by atoms with Gasteiger partial charge in [0.05, 0.1) is 23.0 Å². The number of sulfone groups is 2. The molecule has 11 heteroatoms. The van der Waals surface area contributed by atoms with Crippen LogP contribution in [0.4, 0.5) is 0 Å². The Bertz CT molecular complexity index is 2190. The van der Waals surface area contributed by atoms with E-state index >= 15 is 0 Å². The summed E-state index contributed by atoms with van der Waals surface area (Å²) in [6.07, 6.45) is 22.7. The predicted octanol–water partition coefficient (Wildman–Crippen LogP) is 12.3. The minimum atomic E-state index is -4.21. The number of carbonyl (C=O) groups is 2. The van der Waals surface area contributed by atoms with Gasteiger partial charge in [-0.25, -0.2) is 26.4 Å². The number of hydrogen-bond acceptors (Lipinski definition) is 9. The number of nitrogens with zero attached hydrogens (tertiary/aromatic N) is 1. The van der Waals surface area contributed by atoms with Crippen molar-refractivity contribution in [2.75, 3.05) is 19.8 Å². The van der Waals surface area contributed by atoms with Crippen molar-refractivity contribution in [1.82, 2.24) is 4.90 Å². The number of allylic oxidation sites excluding steroid dienone is 5. The van der Waals surface area contributed by atoms with E-state index in [-0.39, 0.29) is 28.9 Å². The predicted molar refractivity (Wildman–Crippen MR) is 265 cm³/mol. The van der Waals surface area contributed by atoms with E-state index in [1.807, 2.05) is 71.6 Å². The van der Waals surface area contributed by atoms with Crippen molar-refractivity contribution in [2.24, 2.45) is 5.92 Å². The third kappa shape index (κ3) is 18.8. The number of carbonyl (C=O) groups excluding carboxylic acids is 2. The summed E-state index contributed by atoms with van der Waals surface area (Å²) in [4.78, 5) is 28.2. The van der Waals surface area contributed by atoms with E-state index in [2.05, 4.69) is 13.8 Å². The van der Waals surface area contributed by atoms with Gasteiger partial charge in [0, 0.05) is 13.1 Å². The van der Waals surface area contributed by atoms with Crippen LogP contribution in [0.15, 0.2) is 178 Å². The molecule has 0 aliphatic rings. The molecule has 0 aliphatic heterocycles. The fourth-order valence-electron chi connectivity index (χ4n) is 7.32. The normalized spacial score (nSPS) is 12.9. The van der Waals surface area contributed by atoms with Gasteiger partial charge >= 0.3 is 11.9 Å². The van der Waals surface area contributed by atoms with Gasteiger partial charge in [0.2, 0.25) is 19.7 Å². The first-order valence-corrected chi connectivity index (χ1v) is 26.6. The fraction of sp³-hybridized carbons (Fsp3) is 0.382. The van der Waals surface area contributed by atoms with Crippen molar-refractivity contribution in [3.8, 4) is 0 Å². The molecule has 0 amide bonds. The van der Waals surface area contributed by atoms with Crippen molar-refractivity contribution in [3.05, 3.63) is 179 Å². The molecule has 1 unspecified atom stereocenters. The van der Waals surface area contributed by atoms with Crippen LogP contribution in [0.3, 0.4) is 0 Å². The van der Waals surface area contributed by atoms with Crippen LogP contribution in [-0.4, -0.2) is 53.4 Å². The van der Waals surface area contributed by atoms with E-state index < -0.39 is 41.4 Å². The van der Waals surface area contributed by atoms with Gasteiger partial charge in [0.1, 0.15) is 0 Å². The monoisotopic (exact) mass is 935 g/mol. The Morgan fingerprint density at radius 1 is 0.530 bits per heavy atom. The Balaban J connectivity index is 1.62. The van der Waals surface area contributed by atoms with Crippen molar-refractivity contribution < 1.29 is 35.9 Å². The quantitative estimate of drug-likeness (QED) is 0.0210. The van der Waals surface area contributed by atoms with Crippen LogP contribution in [0.2, 0.25) is 0 Å². The Morgan fingerprint density at radius 3 is 1.41 bits per heavy atom. The largest absolute Gasteiger partial charge is 0.462 e. The SMILES string of the molecule is CCCCCCCCOC(=O)/C(=C\C=C\C(CCN(/C=C/C=C(\C(=O)OCCCCCCCC)S(=O)(=O)c1ccccc1)Cc1ccccc1)Cc1ccccc1)S(=O)(=O)c1ccccc1. The van der Waals surface area contributed by atoms with Crippen LogP contribution in [0.25, 0.3) is 0 Å². The van der Waals surface area contributed by atoms with E-state index in [1.54, 1.807) is 54.8 Å². The maximum atomic E-state index is 13.9. The Hall–Kier alpha value is -5.52. The second-order valence-corrected chi connectivity index (χ2v) is 20.3. The molecule has 4 aromatic carbocycles. The lowest BCUT2D eigenvalue weighted by atomic mass is 9.95. The summed E-state index contributed by atoms with van der Waals surface area (Å²) in [5, 5.41) is 0. The lowest BCUT2D eigenvalue weighted by Gasteiger charge is -2.23. The van der Waals surface area contributed by atoms with E-state index in [0.29, 0.717) is 38.8 Å². The van der Waals surface area contributed by atoms with Gasteiger partial charge in [-0.1, -0.05) is 187 Å². The highest BCUT2D eigenvalue weighted by molar-refractivity contribution is 7.96. The molecule has 0 saturated carbocycles. The van der Waals surface area contributed by atoms with Crippen molar-refractivity contribution in [3.63, 3.8) is 0 Å². The molecule has 0 N–H and O–H groups in total. The van der Waals surface area contributed by atoms with E-state index in [9.17, 15) is 26.4 Å². The van der Waals surface area contributed by atoms with Gasteiger partial charge < -0.3 is 14.4 Å². The lowest BCUT2D eigenvalue weighted by molar-refractivity contribution is -0.139. The van der Waals surface area contributed by atoms with Crippen LogP contribution in [0, 0.1) is 5.92 Å². The first-order valence-electron chi connectivity index (χ1n) is 23.6. The van der Waals surface area contributed by atoms with Crippen LogP contribution >= 0.6 is 0 Å². The molecule has 0 aromatic heterocycles. The minimum Gasteiger partial charge on any atom is -0.462 e. The molecule has 0 fully saturated rings. The smallest absolute Gasteiger partial charge is 0.350 e. The van der Waals surface area contributed by atoms with E-state index in [1.165, 1.54) is 36.4 Å². The molecule has 66 heavy (non-hydrogen) atoms. The maximum absolute atomic E-state index is 13.9. The molecule has 0 heterocycles. The van der Waals surface area contributed by atoms with Gasteiger partial charge in [-0.3, -0.25) is 0 Å². The Morgan fingerprint density at radius 2 is 0.939 bits per heavy atom. The van der Waals surface area contributed by atoms with Crippen molar-refractivity contribution in [1.29, 1.82) is 0 Å². The molecule has 1 atom stereocenters. The number of unbranched alkanes of at least 4 members (excludes halogenated alkanes) is 10. The second-order valence-electron chi connectivity index (χ2n) is 16.4. The standard InChI is InChI=1S/C55H69NO8S2/c1-3-5-7-9-11-25-43-63-54(57)52(65(59,60)50-34-21-15-22-35-50)38-27-33-48(45-47-29-17-13-18-30-47)40-42-56(46-49-31-19-14-20-32-49)41-28-39-53(66(61,62)51-36-23-16-24-37-51)55(58)64-44-26-12-10-8-6-4-2/h13-24,27-39,41,48H,3-12,25-26,40,42-46H2,1-2H3/b33-27+,41-28+,52-38+,53-39+. The summed E-state index contributed by atoms with van der Waals surface area (Å²) in [7, 11) is -8.41.